The molecule has 2 heterocycles. The topological polar surface area (TPSA) is 41.6 Å². The van der Waals surface area contributed by atoms with Crippen molar-refractivity contribution >= 4 is 17.4 Å². The predicted molar refractivity (Wildman–Crippen MR) is 81.6 cm³/mol. The van der Waals surface area contributed by atoms with Crippen LogP contribution in [0.1, 0.15) is 22.7 Å². The third-order valence-electron chi connectivity index (χ3n) is 3.66. The van der Waals surface area contributed by atoms with Gasteiger partial charge < -0.3 is 0 Å². The van der Waals surface area contributed by atoms with E-state index in [2.05, 4.69) is 57.7 Å². The highest BCUT2D eigenvalue weighted by molar-refractivity contribution is 7.13. The molecule has 1 aliphatic carbocycles. The smallest absolute Gasteiger partial charge is 0.144 e. The number of thiazole rings is 1. The zero-order valence-corrected chi connectivity index (χ0v) is 11.6. The normalized spacial score (nSPS) is 17.1. The van der Waals surface area contributed by atoms with Gasteiger partial charge in [0.15, 0.2) is 0 Å². The highest BCUT2D eigenvalue weighted by Gasteiger charge is 2.21. The van der Waals surface area contributed by atoms with Crippen LogP contribution in [0.5, 0.6) is 0 Å². The highest BCUT2D eigenvalue weighted by atomic mass is 32.1. The van der Waals surface area contributed by atoms with Crippen LogP contribution in [0.2, 0.25) is 0 Å². The summed E-state index contributed by atoms with van der Waals surface area (Å²) < 4.78 is 0. The molecule has 0 aliphatic heterocycles. The number of hydrogen-bond acceptors (Lipinski definition) is 3. The summed E-state index contributed by atoms with van der Waals surface area (Å²) in [5.74, 6) is 0.424. The molecule has 3 aromatic rings. The maximum absolute atomic E-state index is 4.44. The Morgan fingerprint density at radius 2 is 2.10 bits per heavy atom. The lowest BCUT2D eigenvalue weighted by Gasteiger charge is -2.16. The summed E-state index contributed by atoms with van der Waals surface area (Å²) in [6, 6.07) is 10.6. The standard InChI is InChI=1S/C16H13N3S/c1-2-4-11(5-3-1)12-6-7-13-14(10-12)18-19-15(13)16-17-8-9-20-16/h1-9,12H,10H2,(H,18,19). The molecule has 0 bridgehead atoms. The lowest BCUT2D eigenvalue weighted by molar-refractivity contribution is 0.794. The Labute approximate surface area is 121 Å². The molecule has 1 aromatic carbocycles. The minimum Gasteiger partial charge on any atom is -0.281 e. The van der Waals surface area contributed by atoms with Crippen molar-refractivity contribution in [2.75, 3.05) is 0 Å². The van der Waals surface area contributed by atoms with E-state index in [9.17, 15) is 0 Å². The van der Waals surface area contributed by atoms with E-state index in [1.807, 2.05) is 11.6 Å². The third kappa shape index (κ3) is 1.89. The van der Waals surface area contributed by atoms with Crippen molar-refractivity contribution in [3.63, 3.8) is 0 Å². The van der Waals surface area contributed by atoms with Gasteiger partial charge in [-0.3, -0.25) is 5.10 Å². The van der Waals surface area contributed by atoms with Gasteiger partial charge >= 0.3 is 0 Å². The molecule has 4 rings (SSSR count). The van der Waals surface area contributed by atoms with E-state index in [1.165, 1.54) is 16.8 Å². The predicted octanol–water partition coefficient (Wildman–Crippen LogP) is 3.89. The molecule has 2 aromatic heterocycles. The van der Waals surface area contributed by atoms with Crippen LogP contribution in [0, 0.1) is 0 Å². The van der Waals surface area contributed by atoms with Crippen LogP contribution in [0.15, 0.2) is 48.0 Å². The van der Waals surface area contributed by atoms with Crippen molar-refractivity contribution in [2.24, 2.45) is 0 Å². The van der Waals surface area contributed by atoms with Gasteiger partial charge in [-0.25, -0.2) is 4.98 Å². The maximum atomic E-state index is 4.44. The van der Waals surface area contributed by atoms with Crippen LogP contribution in [-0.4, -0.2) is 15.2 Å². The van der Waals surface area contributed by atoms with Gasteiger partial charge in [0.25, 0.3) is 0 Å². The fourth-order valence-corrected chi connectivity index (χ4v) is 3.29. The number of aromatic amines is 1. The first-order chi connectivity index (χ1) is 9.92. The van der Waals surface area contributed by atoms with Crippen molar-refractivity contribution in [1.29, 1.82) is 0 Å². The van der Waals surface area contributed by atoms with Gasteiger partial charge in [0.1, 0.15) is 10.7 Å². The van der Waals surface area contributed by atoms with E-state index in [1.54, 1.807) is 11.3 Å². The quantitative estimate of drug-likeness (QED) is 0.773. The second-order valence-corrected chi connectivity index (χ2v) is 5.78. The average molecular weight is 279 g/mol. The summed E-state index contributed by atoms with van der Waals surface area (Å²) >= 11 is 1.62. The number of rotatable bonds is 2. The van der Waals surface area contributed by atoms with Crippen LogP contribution < -0.4 is 0 Å². The first-order valence-corrected chi connectivity index (χ1v) is 7.50. The van der Waals surface area contributed by atoms with Crippen LogP contribution in [0.4, 0.5) is 0 Å². The van der Waals surface area contributed by atoms with Crippen LogP contribution in [0.25, 0.3) is 16.8 Å². The van der Waals surface area contributed by atoms with E-state index in [-0.39, 0.29) is 0 Å². The first kappa shape index (κ1) is 11.6. The van der Waals surface area contributed by atoms with Crippen molar-refractivity contribution in [2.45, 2.75) is 12.3 Å². The van der Waals surface area contributed by atoms with Crippen molar-refractivity contribution < 1.29 is 0 Å². The molecule has 0 fully saturated rings. The molecular formula is C16H13N3S. The first-order valence-electron chi connectivity index (χ1n) is 6.62. The molecule has 1 aliphatic rings. The second kappa shape index (κ2) is 4.72. The van der Waals surface area contributed by atoms with Gasteiger partial charge in [0, 0.05) is 35.2 Å². The Hall–Kier alpha value is -2.20. The van der Waals surface area contributed by atoms with Gasteiger partial charge in [-0.15, -0.1) is 11.3 Å². The third-order valence-corrected chi connectivity index (χ3v) is 4.44. The summed E-state index contributed by atoms with van der Waals surface area (Å²) in [5, 5.41) is 10.6. The molecule has 0 spiro atoms. The monoisotopic (exact) mass is 279 g/mol. The van der Waals surface area contributed by atoms with E-state index >= 15 is 0 Å². The van der Waals surface area contributed by atoms with Crippen molar-refractivity contribution in [3.05, 3.63) is 64.8 Å². The van der Waals surface area contributed by atoms with Gasteiger partial charge in [-0.1, -0.05) is 42.5 Å². The van der Waals surface area contributed by atoms with E-state index < -0.39 is 0 Å². The molecule has 0 saturated heterocycles. The number of nitrogens with zero attached hydrogens (tertiary/aromatic N) is 2. The number of aromatic nitrogens is 3. The molecule has 1 atom stereocenters. The fourth-order valence-electron chi connectivity index (χ4n) is 2.65. The average Bonchev–Trinajstić information content (AvgIpc) is 3.16. The van der Waals surface area contributed by atoms with Gasteiger partial charge in [-0.05, 0) is 5.56 Å². The molecule has 4 heteroatoms. The lowest BCUT2D eigenvalue weighted by Crippen LogP contribution is -2.05. The SMILES string of the molecule is C1=CC(c2ccccc2)Cc2[nH]nc(-c3nccs3)c21. The molecule has 0 saturated carbocycles. The molecule has 1 unspecified atom stereocenters. The Morgan fingerprint density at radius 3 is 2.90 bits per heavy atom. The van der Waals surface area contributed by atoms with Crippen LogP contribution >= 0.6 is 11.3 Å². The minimum absolute atomic E-state index is 0.424. The molecule has 3 nitrogen and oxygen atoms in total. The summed E-state index contributed by atoms with van der Waals surface area (Å²) in [5.41, 5.74) is 4.70. The zero-order chi connectivity index (χ0) is 13.4. The molecule has 20 heavy (non-hydrogen) atoms. The van der Waals surface area contributed by atoms with Crippen LogP contribution in [-0.2, 0) is 6.42 Å². The summed E-state index contributed by atoms with van der Waals surface area (Å²) in [4.78, 5) is 4.35. The number of H-pyrrole nitrogens is 1. The van der Waals surface area contributed by atoms with Crippen LogP contribution in [0.3, 0.4) is 0 Å². The highest BCUT2D eigenvalue weighted by Crippen LogP contribution is 2.34. The summed E-state index contributed by atoms with van der Waals surface area (Å²) in [7, 11) is 0. The number of fused-ring (bicyclic) bond motifs is 1. The fraction of sp³-hybridized carbons (Fsp3) is 0.125. The Morgan fingerprint density at radius 1 is 1.20 bits per heavy atom. The zero-order valence-electron chi connectivity index (χ0n) is 10.8. The molecule has 98 valence electrons. The molecule has 1 N–H and O–H groups in total. The molecular weight excluding hydrogens is 266 g/mol. The van der Waals surface area contributed by atoms with E-state index in [0.29, 0.717) is 5.92 Å². The van der Waals surface area contributed by atoms with E-state index in [4.69, 9.17) is 0 Å². The number of benzene rings is 1. The molecule has 0 radical (unpaired) electrons. The summed E-state index contributed by atoms with van der Waals surface area (Å²) in [6.45, 7) is 0. The van der Waals surface area contributed by atoms with Crippen molar-refractivity contribution in [1.82, 2.24) is 15.2 Å². The minimum atomic E-state index is 0.424. The number of hydrogen-bond donors (Lipinski definition) is 1. The number of allylic oxidation sites excluding steroid dienone is 1. The Bertz CT molecular complexity index is 741. The van der Waals surface area contributed by atoms with E-state index in [0.717, 1.165) is 17.1 Å². The Balaban J connectivity index is 1.70. The lowest BCUT2D eigenvalue weighted by atomic mass is 9.88. The largest absolute Gasteiger partial charge is 0.281 e. The van der Waals surface area contributed by atoms with Gasteiger partial charge in [-0.2, -0.15) is 5.10 Å². The Kier molecular flexibility index (Phi) is 2.74. The summed E-state index contributed by atoms with van der Waals surface area (Å²) in [6.07, 6.45) is 7.23. The van der Waals surface area contributed by atoms with Gasteiger partial charge in [0.05, 0.1) is 0 Å². The van der Waals surface area contributed by atoms with Gasteiger partial charge in [0.2, 0.25) is 0 Å². The molecule has 0 amide bonds. The number of nitrogens with one attached hydrogen (secondary N) is 1. The second-order valence-electron chi connectivity index (χ2n) is 4.88. The van der Waals surface area contributed by atoms with Crippen molar-refractivity contribution in [3.8, 4) is 10.7 Å². The maximum Gasteiger partial charge on any atom is 0.144 e.